The molecule has 0 spiro atoms. The summed E-state index contributed by atoms with van der Waals surface area (Å²) in [4.78, 5) is 13.1. The van der Waals surface area contributed by atoms with E-state index in [-0.39, 0.29) is 36.2 Å². The standard InChI is InChI=1S/C13H23NO5S/c1-9-5-11(6-10(2)19-9)14-3-4-20(17,18)8-12(14)7-13(15)16/h9-12H,3-8H2,1-2H3,(H,15,16). The van der Waals surface area contributed by atoms with Gasteiger partial charge < -0.3 is 9.84 Å². The molecule has 7 heteroatoms. The molecule has 3 atom stereocenters. The van der Waals surface area contributed by atoms with Crippen molar-refractivity contribution < 1.29 is 23.1 Å². The van der Waals surface area contributed by atoms with Crippen LogP contribution in [-0.4, -0.2) is 66.7 Å². The van der Waals surface area contributed by atoms with Crippen LogP contribution >= 0.6 is 0 Å². The minimum atomic E-state index is -3.11. The number of aliphatic carboxylic acids is 1. The molecule has 20 heavy (non-hydrogen) atoms. The number of carboxylic acids is 1. The van der Waals surface area contributed by atoms with Crippen molar-refractivity contribution in [3.63, 3.8) is 0 Å². The lowest BCUT2D eigenvalue weighted by atomic mass is 9.96. The van der Waals surface area contributed by atoms with Crippen LogP contribution in [-0.2, 0) is 19.4 Å². The minimum absolute atomic E-state index is 0.0422. The van der Waals surface area contributed by atoms with Crippen LogP contribution in [0.1, 0.15) is 33.1 Å². The molecular weight excluding hydrogens is 282 g/mol. The number of carbonyl (C=O) groups is 1. The molecule has 2 rings (SSSR count). The quantitative estimate of drug-likeness (QED) is 0.818. The average molecular weight is 305 g/mol. The second kappa shape index (κ2) is 5.99. The lowest BCUT2D eigenvalue weighted by molar-refractivity contribution is -0.139. The molecule has 2 fully saturated rings. The first kappa shape index (κ1) is 15.7. The van der Waals surface area contributed by atoms with Crippen molar-refractivity contribution in [3.05, 3.63) is 0 Å². The Morgan fingerprint density at radius 2 is 1.90 bits per heavy atom. The van der Waals surface area contributed by atoms with Gasteiger partial charge in [0.25, 0.3) is 0 Å². The maximum Gasteiger partial charge on any atom is 0.304 e. The Bertz CT molecular complexity index is 453. The fourth-order valence-electron chi connectivity index (χ4n) is 3.40. The molecule has 1 N–H and O–H groups in total. The van der Waals surface area contributed by atoms with Gasteiger partial charge in [-0.25, -0.2) is 8.42 Å². The Morgan fingerprint density at radius 1 is 1.30 bits per heavy atom. The summed E-state index contributed by atoms with van der Waals surface area (Å²) in [6.07, 6.45) is 1.82. The number of rotatable bonds is 3. The topological polar surface area (TPSA) is 83.9 Å². The number of carboxylic acid groups (broad SMARTS) is 1. The van der Waals surface area contributed by atoms with Crippen molar-refractivity contribution >= 4 is 15.8 Å². The summed E-state index contributed by atoms with van der Waals surface area (Å²) in [7, 11) is -3.11. The molecule has 2 heterocycles. The third kappa shape index (κ3) is 3.93. The fourth-order valence-corrected chi connectivity index (χ4v) is 4.95. The van der Waals surface area contributed by atoms with Crippen LogP contribution in [0.4, 0.5) is 0 Å². The maximum atomic E-state index is 11.8. The predicted molar refractivity (Wildman–Crippen MR) is 74.4 cm³/mol. The third-order valence-electron chi connectivity index (χ3n) is 4.13. The van der Waals surface area contributed by atoms with E-state index in [0.717, 1.165) is 12.8 Å². The van der Waals surface area contributed by atoms with Crippen molar-refractivity contribution in [2.45, 2.75) is 57.4 Å². The Hall–Kier alpha value is -0.660. The number of hydrogen-bond donors (Lipinski definition) is 1. The Balaban J connectivity index is 2.12. The highest BCUT2D eigenvalue weighted by atomic mass is 32.2. The number of sulfone groups is 1. The van der Waals surface area contributed by atoms with E-state index < -0.39 is 21.8 Å². The van der Waals surface area contributed by atoms with Crippen LogP contribution in [0.25, 0.3) is 0 Å². The third-order valence-corrected chi connectivity index (χ3v) is 5.82. The first-order valence-electron chi connectivity index (χ1n) is 7.10. The first-order valence-corrected chi connectivity index (χ1v) is 8.92. The zero-order chi connectivity index (χ0) is 14.9. The molecule has 2 aliphatic heterocycles. The zero-order valence-electron chi connectivity index (χ0n) is 12.0. The molecule has 0 aromatic carbocycles. The summed E-state index contributed by atoms with van der Waals surface area (Å²) in [6, 6.07) is -0.192. The van der Waals surface area contributed by atoms with Gasteiger partial charge in [0.2, 0.25) is 0 Å². The normalized spacial score (nSPS) is 38.5. The molecule has 0 aliphatic carbocycles. The van der Waals surface area contributed by atoms with Gasteiger partial charge in [-0.1, -0.05) is 0 Å². The molecule has 0 amide bonds. The van der Waals surface area contributed by atoms with Crippen molar-refractivity contribution in [1.82, 2.24) is 4.90 Å². The zero-order valence-corrected chi connectivity index (χ0v) is 12.8. The van der Waals surface area contributed by atoms with Gasteiger partial charge in [0.05, 0.1) is 30.1 Å². The van der Waals surface area contributed by atoms with Gasteiger partial charge in [-0.2, -0.15) is 0 Å². The summed E-state index contributed by atoms with van der Waals surface area (Å²) < 4.78 is 29.2. The van der Waals surface area contributed by atoms with E-state index in [1.807, 2.05) is 13.8 Å². The van der Waals surface area contributed by atoms with E-state index in [1.165, 1.54) is 0 Å². The van der Waals surface area contributed by atoms with Gasteiger partial charge in [0.1, 0.15) is 0 Å². The molecule has 0 aromatic heterocycles. The lowest BCUT2D eigenvalue weighted by Gasteiger charge is -2.44. The second-order valence-corrected chi connectivity index (χ2v) is 8.22. The largest absolute Gasteiger partial charge is 0.481 e. The van der Waals surface area contributed by atoms with Gasteiger partial charge in [0.15, 0.2) is 9.84 Å². The molecule has 2 aliphatic rings. The summed E-state index contributed by atoms with van der Waals surface area (Å²) in [6.45, 7) is 4.45. The van der Waals surface area contributed by atoms with Crippen LogP contribution in [0.15, 0.2) is 0 Å². The molecule has 0 bridgehead atoms. The van der Waals surface area contributed by atoms with Gasteiger partial charge in [-0.3, -0.25) is 9.69 Å². The highest BCUT2D eigenvalue weighted by Gasteiger charge is 2.38. The molecular formula is C13H23NO5S. The van der Waals surface area contributed by atoms with E-state index in [9.17, 15) is 13.2 Å². The van der Waals surface area contributed by atoms with Crippen molar-refractivity contribution in [3.8, 4) is 0 Å². The molecule has 3 unspecified atom stereocenters. The SMILES string of the molecule is CC1CC(N2CCS(=O)(=O)CC2CC(=O)O)CC(C)O1. The summed E-state index contributed by atoms with van der Waals surface area (Å²) in [5.74, 6) is -0.854. The van der Waals surface area contributed by atoms with Crippen molar-refractivity contribution in [1.29, 1.82) is 0 Å². The maximum absolute atomic E-state index is 11.8. The van der Waals surface area contributed by atoms with Gasteiger partial charge in [-0.05, 0) is 26.7 Å². The van der Waals surface area contributed by atoms with E-state index in [4.69, 9.17) is 9.84 Å². The summed E-state index contributed by atoms with van der Waals surface area (Å²) >= 11 is 0. The van der Waals surface area contributed by atoms with Gasteiger partial charge >= 0.3 is 5.97 Å². The van der Waals surface area contributed by atoms with Crippen molar-refractivity contribution in [2.24, 2.45) is 0 Å². The van der Waals surface area contributed by atoms with E-state index in [0.29, 0.717) is 6.54 Å². The van der Waals surface area contributed by atoms with Crippen LogP contribution in [0.3, 0.4) is 0 Å². The molecule has 6 nitrogen and oxygen atoms in total. The molecule has 0 aromatic rings. The van der Waals surface area contributed by atoms with Gasteiger partial charge in [0, 0.05) is 18.6 Å². The van der Waals surface area contributed by atoms with E-state index >= 15 is 0 Å². The average Bonchev–Trinajstić information content (AvgIpc) is 2.25. The summed E-state index contributed by atoms with van der Waals surface area (Å²) in [5, 5.41) is 9.01. The molecule has 116 valence electrons. The van der Waals surface area contributed by atoms with Crippen LogP contribution in [0, 0.1) is 0 Å². The molecule has 0 radical (unpaired) electrons. The molecule has 0 saturated carbocycles. The monoisotopic (exact) mass is 305 g/mol. The lowest BCUT2D eigenvalue weighted by Crippen LogP contribution is -2.56. The molecule has 2 saturated heterocycles. The van der Waals surface area contributed by atoms with Crippen LogP contribution in [0.2, 0.25) is 0 Å². The smallest absolute Gasteiger partial charge is 0.304 e. The number of ether oxygens (including phenoxy) is 1. The van der Waals surface area contributed by atoms with E-state index in [2.05, 4.69) is 4.90 Å². The van der Waals surface area contributed by atoms with Crippen LogP contribution < -0.4 is 0 Å². The Morgan fingerprint density at radius 3 is 2.45 bits per heavy atom. The predicted octanol–water partition coefficient (Wildman–Crippen LogP) is 0.516. The second-order valence-electron chi connectivity index (χ2n) is 5.99. The number of hydrogen-bond acceptors (Lipinski definition) is 5. The van der Waals surface area contributed by atoms with E-state index in [1.54, 1.807) is 0 Å². The Kier molecular flexibility index (Phi) is 4.71. The summed E-state index contributed by atoms with van der Waals surface area (Å²) in [5.41, 5.74) is 0. The Labute approximate surface area is 120 Å². The highest BCUT2D eigenvalue weighted by molar-refractivity contribution is 7.91. The minimum Gasteiger partial charge on any atom is -0.481 e. The van der Waals surface area contributed by atoms with Crippen molar-refractivity contribution in [2.75, 3.05) is 18.1 Å². The number of nitrogens with zero attached hydrogens (tertiary/aromatic N) is 1. The highest BCUT2D eigenvalue weighted by Crippen LogP contribution is 2.28. The van der Waals surface area contributed by atoms with Gasteiger partial charge in [-0.15, -0.1) is 0 Å². The first-order chi connectivity index (χ1) is 9.27. The van der Waals surface area contributed by atoms with Crippen LogP contribution in [0.5, 0.6) is 0 Å². The fraction of sp³-hybridized carbons (Fsp3) is 0.923.